The Kier molecular flexibility index (Phi) is 5.57. The Balaban J connectivity index is 1.73. The van der Waals surface area contributed by atoms with Crippen LogP contribution in [0.5, 0.6) is 0 Å². The van der Waals surface area contributed by atoms with Crippen LogP contribution in [0.3, 0.4) is 0 Å². The first-order chi connectivity index (χ1) is 7.45. The Morgan fingerprint density at radius 3 is 1.13 bits per heavy atom. The third kappa shape index (κ3) is 4.49. The van der Waals surface area contributed by atoms with E-state index in [-0.39, 0.29) is 0 Å². The van der Waals surface area contributed by atoms with Crippen molar-refractivity contribution in [3.05, 3.63) is 0 Å². The average molecular weight is 273 g/mol. The van der Waals surface area contributed by atoms with Gasteiger partial charge in [-0.15, -0.1) is 0 Å². The molecule has 0 atom stereocenters. The molecule has 0 bridgehead atoms. The molecule has 88 valence electrons. The second kappa shape index (κ2) is 6.97. The molecule has 0 heterocycles. The summed E-state index contributed by atoms with van der Waals surface area (Å²) in [5, 5.41) is 0. The minimum atomic E-state index is 0.995. The topological polar surface area (TPSA) is 0 Å². The van der Waals surface area contributed by atoms with Gasteiger partial charge in [0.15, 0.2) is 0 Å². The maximum atomic E-state index is 1.58. The molecule has 0 aromatic heterocycles. The Labute approximate surface area is 102 Å². The zero-order valence-corrected chi connectivity index (χ0v) is 11.8. The van der Waals surface area contributed by atoms with Gasteiger partial charge in [-0.3, -0.25) is 0 Å². The molecule has 0 aromatic rings. The normalized spacial score (nSPS) is 27.2. The summed E-state index contributed by atoms with van der Waals surface area (Å²) in [6, 6.07) is 0. The van der Waals surface area contributed by atoms with Gasteiger partial charge in [-0.2, -0.15) is 0 Å². The average Bonchev–Trinajstić information content (AvgIpc) is 2.63. The third-order valence-electron chi connectivity index (χ3n) is 3.99. The van der Waals surface area contributed by atoms with Gasteiger partial charge in [-0.25, -0.2) is 0 Å². The van der Waals surface area contributed by atoms with Crippen molar-refractivity contribution in [3.63, 3.8) is 0 Å². The molecule has 2 saturated carbocycles. The van der Waals surface area contributed by atoms with Crippen LogP contribution < -0.4 is 0 Å². The van der Waals surface area contributed by atoms with E-state index in [9.17, 15) is 0 Å². The molecule has 2 aliphatic rings. The first kappa shape index (κ1) is 12.0. The van der Waals surface area contributed by atoms with Crippen molar-refractivity contribution in [3.8, 4) is 0 Å². The van der Waals surface area contributed by atoms with Crippen molar-refractivity contribution in [2.45, 2.75) is 86.7 Å². The van der Waals surface area contributed by atoms with E-state index >= 15 is 0 Å². The van der Waals surface area contributed by atoms with Gasteiger partial charge in [-0.1, -0.05) is 0 Å². The molecule has 2 rings (SSSR count). The van der Waals surface area contributed by atoms with Gasteiger partial charge < -0.3 is 0 Å². The van der Waals surface area contributed by atoms with Gasteiger partial charge >= 0.3 is 102 Å². The van der Waals surface area contributed by atoms with E-state index in [2.05, 4.69) is 0 Å². The molecule has 0 nitrogen and oxygen atoms in total. The minimum absolute atomic E-state index is 0.995. The Morgan fingerprint density at radius 2 is 0.800 bits per heavy atom. The second-order valence-electron chi connectivity index (χ2n) is 5.36. The van der Waals surface area contributed by atoms with E-state index < -0.39 is 0 Å². The van der Waals surface area contributed by atoms with Crippen LogP contribution in [0.25, 0.3) is 0 Å². The van der Waals surface area contributed by atoms with Crippen LogP contribution in [0.2, 0.25) is 9.63 Å². The van der Waals surface area contributed by atoms with E-state index in [1.807, 2.05) is 0 Å². The van der Waals surface area contributed by atoms with Crippen LogP contribution in [0.15, 0.2) is 0 Å². The maximum absolute atomic E-state index is 1.58. The number of rotatable bonds is 2. The summed E-state index contributed by atoms with van der Waals surface area (Å²) in [5.74, 6) is 0. The molecule has 0 radical (unpaired) electrons. The van der Waals surface area contributed by atoms with Crippen molar-refractivity contribution < 1.29 is 0 Å². The van der Waals surface area contributed by atoms with Crippen molar-refractivity contribution in [1.82, 2.24) is 0 Å². The Morgan fingerprint density at radius 1 is 0.467 bits per heavy atom. The Hall–Kier alpha value is 0.519. The molecule has 1 heteroatoms. The monoisotopic (exact) mass is 274 g/mol. The molecule has 2 fully saturated rings. The molecule has 0 saturated heterocycles. The van der Waals surface area contributed by atoms with Crippen molar-refractivity contribution in [2.24, 2.45) is 0 Å². The van der Waals surface area contributed by atoms with Gasteiger partial charge in [0.25, 0.3) is 0 Å². The molecule has 0 aliphatic heterocycles. The van der Waals surface area contributed by atoms with Crippen LogP contribution in [-0.2, 0) is 0 Å². The van der Waals surface area contributed by atoms with Crippen molar-refractivity contribution in [1.29, 1.82) is 0 Å². The summed E-state index contributed by atoms with van der Waals surface area (Å²) in [6.45, 7) is 0. The van der Waals surface area contributed by atoms with Gasteiger partial charge in [0.05, 0.1) is 0 Å². The second-order valence-corrected chi connectivity index (χ2v) is 8.73. The summed E-state index contributed by atoms with van der Waals surface area (Å²) >= 11 is 0.995. The fourth-order valence-electron chi connectivity index (χ4n) is 3.03. The molecule has 0 amide bonds. The molecule has 15 heavy (non-hydrogen) atoms. The van der Waals surface area contributed by atoms with E-state index in [0.29, 0.717) is 0 Å². The zero-order chi connectivity index (χ0) is 10.3. The first-order valence-corrected chi connectivity index (χ1v) is 9.08. The van der Waals surface area contributed by atoms with Crippen molar-refractivity contribution in [2.75, 3.05) is 0 Å². The quantitative estimate of drug-likeness (QED) is 0.492. The predicted molar refractivity (Wildman–Crippen MR) is 68.7 cm³/mol. The summed E-state index contributed by atoms with van der Waals surface area (Å²) < 4.78 is 0. The SMILES string of the molecule is C1CCCC([Se]C2CCCCCC2)CC1. The Bertz CT molecular complexity index is 133. The van der Waals surface area contributed by atoms with Crippen molar-refractivity contribution >= 4 is 15.0 Å². The fraction of sp³-hybridized carbons (Fsp3) is 1.00. The number of hydrogen-bond donors (Lipinski definition) is 0. The van der Waals surface area contributed by atoms with Crippen LogP contribution in [0.4, 0.5) is 0 Å². The van der Waals surface area contributed by atoms with Gasteiger partial charge in [0.2, 0.25) is 0 Å². The van der Waals surface area contributed by atoms with Crippen LogP contribution in [0.1, 0.15) is 77.0 Å². The molecular formula is C14H26Se. The summed E-state index contributed by atoms with van der Waals surface area (Å²) in [7, 11) is 0. The standard InChI is InChI=1S/C14H26Se/c1-2-6-10-13(9-5-1)15-14-11-7-3-4-8-12-14/h13-14H,1-12H2. The van der Waals surface area contributed by atoms with Gasteiger partial charge in [-0.05, 0) is 0 Å². The molecule has 0 spiro atoms. The molecule has 0 unspecified atom stereocenters. The molecule has 0 aromatic carbocycles. The predicted octanol–water partition coefficient (Wildman–Crippen LogP) is 4.98. The van der Waals surface area contributed by atoms with Crippen LogP contribution in [0, 0.1) is 0 Å². The fourth-order valence-corrected chi connectivity index (χ4v) is 6.71. The van der Waals surface area contributed by atoms with Gasteiger partial charge in [0, 0.05) is 0 Å². The molecule has 0 N–H and O–H groups in total. The molecular weight excluding hydrogens is 247 g/mol. The van der Waals surface area contributed by atoms with Crippen LogP contribution >= 0.6 is 0 Å². The van der Waals surface area contributed by atoms with Gasteiger partial charge in [0.1, 0.15) is 0 Å². The van der Waals surface area contributed by atoms with E-state index in [1.165, 1.54) is 35.3 Å². The zero-order valence-electron chi connectivity index (χ0n) is 10.0. The summed E-state index contributed by atoms with van der Waals surface area (Å²) in [4.78, 5) is 2.34. The summed E-state index contributed by atoms with van der Waals surface area (Å²) in [5.41, 5.74) is 0. The summed E-state index contributed by atoms with van der Waals surface area (Å²) in [6.07, 6.45) is 18.6. The third-order valence-corrected chi connectivity index (χ3v) is 7.58. The van der Waals surface area contributed by atoms with E-state index in [4.69, 9.17) is 0 Å². The van der Waals surface area contributed by atoms with E-state index in [1.54, 1.807) is 51.4 Å². The first-order valence-electron chi connectivity index (χ1n) is 7.10. The number of hydrogen-bond acceptors (Lipinski definition) is 0. The van der Waals surface area contributed by atoms with Crippen LogP contribution in [-0.4, -0.2) is 15.0 Å². The molecule has 2 aliphatic carbocycles. The van der Waals surface area contributed by atoms with E-state index in [0.717, 1.165) is 15.0 Å².